The van der Waals surface area contributed by atoms with Crippen molar-refractivity contribution in [3.05, 3.63) is 60.4 Å². The molecule has 0 saturated carbocycles. The van der Waals surface area contributed by atoms with Gasteiger partial charge in [0, 0.05) is 12.4 Å². The van der Waals surface area contributed by atoms with Gasteiger partial charge in [0.2, 0.25) is 0 Å². The van der Waals surface area contributed by atoms with E-state index in [1.165, 1.54) is 6.20 Å². The smallest absolute Gasteiger partial charge is 0.278 e. The van der Waals surface area contributed by atoms with Crippen LogP contribution >= 0.6 is 0 Å². The monoisotopic (exact) mass is 297 g/mol. The first-order valence-electron chi connectivity index (χ1n) is 6.86. The van der Waals surface area contributed by atoms with Crippen molar-refractivity contribution in [2.24, 2.45) is 0 Å². The lowest BCUT2D eigenvalue weighted by molar-refractivity contribution is -0.0636. The molecule has 6 heteroatoms. The number of H-pyrrole nitrogens is 1. The van der Waals surface area contributed by atoms with Crippen molar-refractivity contribution in [2.75, 3.05) is 13.2 Å². The topological polar surface area (TPSA) is 78.5 Å². The first-order valence-corrected chi connectivity index (χ1v) is 6.86. The molecule has 0 bridgehead atoms. The minimum atomic E-state index is -0.513. The fourth-order valence-corrected chi connectivity index (χ4v) is 2.07. The molecule has 0 saturated heterocycles. The van der Waals surface area contributed by atoms with Crippen molar-refractivity contribution < 1.29 is 14.7 Å². The van der Waals surface area contributed by atoms with Crippen LogP contribution in [-0.4, -0.2) is 39.3 Å². The number of aromatic amines is 1. The van der Waals surface area contributed by atoms with Crippen LogP contribution in [0.3, 0.4) is 0 Å². The van der Waals surface area contributed by atoms with Gasteiger partial charge in [-0.2, -0.15) is 0 Å². The van der Waals surface area contributed by atoms with Crippen LogP contribution in [0, 0.1) is 0 Å². The summed E-state index contributed by atoms with van der Waals surface area (Å²) in [6, 6.07) is 12.7. The summed E-state index contributed by atoms with van der Waals surface area (Å²) in [5, 5.41) is 10.5. The van der Waals surface area contributed by atoms with E-state index >= 15 is 0 Å². The third-order valence-corrected chi connectivity index (χ3v) is 3.19. The highest BCUT2D eigenvalue weighted by Crippen LogP contribution is 2.12. The van der Waals surface area contributed by atoms with Crippen LogP contribution < -0.4 is 4.74 Å². The molecule has 0 unspecified atom stereocenters. The molecule has 1 amide bonds. The number of ether oxygens (including phenoxy) is 1. The van der Waals surface area contributed by atoms with Gasteiger partial charge >= 0.3 is 0 Å². The van der Waals surface area contributed by atoms with Crippen molar-refractivity contribution in [2.45, 2.75) is 0 Å². The number of aromatic nitrogens is 2. The first-order chi connectivity index (χ1) is 10.7. The normalized spacial score (nSPS) is 10.6. The molecule has 112 valence electrons. The third-order valence-electron chi connectivity index (χ3n) is 3.19. The van der Waals surface area contributed by atoms with Crippen LogP contribution in [0.15, 0.2) is 54.9 Å². The summed E-state index contributed by atoms with van der Waals surface area (Å²) < 4.78 is 5.44. The van der Waals surface area contributed by atoms with Crippen LogP contribution in [0.2, 0.25) is 0 Å². The van der Waals surface area contributed by atoms with Crippen LogP contribution in [0.1, 0.15) is 10.4 Å². The number of benzene rings is 1. The fourth-order valence-electron chi connectivity index (χ4n) is 2.07. The standard InChI is InChI=1S/C16H15N3O3/c20-16(12-10-15-14(18-11-12)6-7-17-15)19(21)8-9-22-13-4-2-1-3-5-13/h1-7,10-11,17,21H,8-9H2. The lowest BCUT2D eigenvalue weighted by Crippen LogP contribution is -2.31. The Hall–Kier alpha value is -2.86. The molecule has 0 aliphatic rings. The largest absolute Gasteiger partial charge is 0.492 e. The maximum absolute atomic E-state index is 12.1. The van der Waals surface area contributed by atoms with E-state index in [4.69, 9.17) is 4.74 Å². The van der Waals surface area contributed by atoms with Crippen LogP contribution in [0.5, 0.6) is 5.75 Å². The highest BCUT2D eigenvalue weighted by atomic mass is 16.5. The summed E-state index contributed by atoms with van der Waals surface area (Å²) in [6.45, 7) is 0.265. The van der Waals surface area contributed by atoms with Crippen LogP contribution in [0.4, 0.5) is 0 Å². The summed E-state index contributed by atoms with van der Waals surface area (Å²) in [7, 11) is 0. The second-order valence-corrected chi connectivity index (χ2v) is 4.72. The van der Waals surface area contributed by atoms with Gasteiger partial charge in [0.15, 0.2) is 0 Å². The van der Waals surface area contributed by atoms with Crippen molar-refractivity contribution in [3.8, 4) is 5.75 Å². The Labute approximate surface area is 126 Å². The van der Waals surface area contributed by atoms with E-state index in [0.717, 1.165) is 11.0 Å². The van der Waals surface area contributed by atoms with E-state index < -0.39 is 5.91 Å². The Balaban J connectivity index is 1.59. The first kappa shape index (κ1) is 14.1. The van der Waals surface area contributed by atoms with E-state index in [1.807, 2.05) is 36.4 Å². The average Bonchev–Trinajstić information content (AvgIpc) is 3.02. The Morgan fingerprint density at radius 1 is 1.27 bits per heavy atom. The summed E-state index contributed by atoms with van der Waals surface area (Å²) in [6.07, 6.45) is 3.19. The van der Waals surface area contributed by atoms with E-state index in [2.05, 4.69) is 9.97 Å². The fraction of sp³-hybridized carbons (Fsp3) is 0.125. The Bertz CT molecular complexity index is 770. The van der Waals surface area contributed by atoms with Crippen molar-refractivity contribution in [1.29, 1.82) is 0 Å². The van der Waals surface area contributed by atoms with E-state index in [1.54, 1.807) is 12.3 Å². The number of nitrogens with one attached hydrogen (secondary N) is 1. The second-order valence-electron chi connectivity index (χ2n) is 4.72. The third kappa shape index (κ3) is 3.07. The van der Waals surface area contributed by atoms with E-state index in [9.17, 15) is 10.0 Å². The molecule has 6 nitrogen and oxygen atoms in total. The van der Waals surface area contributed by atoms with Crippen LogP contribution in [0.25, 0.3) is 11.0 Å². The summed E-state index contributed by atoms with van der Waals surface area (Å²) >= 11 is 0. The Kier molecular flexibility index (Phi) is 4.02. The van der Waals surface area contributed by atoms with Crippen LogP contribution in [-0.2, 0) is 0 Å². The van der Waals surface area contributed by atoms with Gasteiger partial charge in [-0.25, -0.2) is 5.06 Å². The number of hydroxylamine groups is 2. The molecule has 1 aromatic carbocycles. The van der Waals surface area contributed by atoms with Gasteiger partial charge < -0.3 is 9.72 Å². The molecule has 22 heavy (non-hydrogen) atoms. The van der Waals surface area contributed by atoms with Gasteiger partial charge in [0.1, 0.15) is 12.4 Å². The van der Waals surface area contributed by atoms with Gasteiger partial charge in [0.05, 0.1) is 23.1 Å². The quantitative estimate of drug-likeness (QED) is 0.560. The summed E-state index contributed by atoms with van der Waals surface area (Å²) in [5.41, 5.74) is 1.84. The highest BCUT2D eigenvalue weighted by Gasteiger charge is 2.15. The zero-order chi connectivity index (χ0) is 15.4. The number of para-hydroxylation sites is 1. The lowest BCUT2D eigenvalue weighted by atomic mass is 10.2. The molecule has 3 aromatic rings. The number of fused-ring (bicyclic) bond motifs is 1. The van der Waals surface area contributed by atoms with Gasteiger partial charge in [-0.3, -0.25) is 15.0 Å². The number of nitrogens with zero attached hydrogens (tertiary/aromatic N) is 2. The molecule has 2 N–H and O–H groups in total. The minimum absolute atomic E-state index is 0.0660. The molecule has 0 atom stereocenters. The number of carbonyl (C=O) groups is 1. The van der Waals surface area contributed by atoms with Gasteiger partial charge in [-0.1, -0.05) is 18.2 Å². The summed E-state index contributed by atoms with van der Waals surface area (Å²) in [5.74, 6) is 0.179. The molecular formula is C16H15N3O3. The van der Waals surface area contributed by atoms with E-state index in [-0.39, 0.29) is 13.2 Å². The molecule has 0 fully saturated rings. The second kappa shape index (κ2) is 6.28. The molecule has 0 radical (unpaired) electrons. The lowest BCUT2D eigenvalue weighted by Gasteiger charge is -2.15. The Morgan fingerprint density at radius 2 is 2.09 bits per heavy atom. The number of rotatable bonds is 5. The highest BCUT2D eigenvalue weighted by molar-refractivity contribution is 5.96. The molecule has 2 aromatic heterocycles. The summed E-state index contributed by atoms with van der Waals surface area (Å²) in [4.78, 5) is 19.2. The molecule has 0 spiro atoms. The SMILES string of the molecule is O=C(c1cnc2cc[nH]c2c1)N(O)CCOc1ccccc1. The number of hydrogen-bond donors (Lipinski definition) is 2. The predicted molar refractivity (Wildman–Crippen MR) is 80.9 cm³/mol. The Morgan fingerprint density at radius 3 is 2.91 bits per heavy atom. The molecular weight excluding hydrogens is 282 g/mol. The van der Waals surface area contributed by atoms with Crippen molar-refractivity contribution >= 4 is 16.9 Å². The average molecular weight is 297 g/mol. The maximum Gasteiger partial charge on any atom is 0.278 e. The van der Waals surface area contributed by atoms with E-state index in [0.29, 0.717) is 16.4 Å². The zero-order valence-electron chi connectivity index (χ0n) is 11.8. The van der Waals surface area contributed by atoms with Gasteiger partial charge in [-0.05, 0) is 24.3 Å². The predicted octanol–water partition coefficient (Wildman–Crippen LogP) is 2.47. The molecule has 3 rings (SSSR count). The maximum atomic E-state index is 12.1. The molecule has 2 heterocycles. The molecule has 0 aliphatic carbocycles. The minimum Gasteiger partial charge on any atom is -0.492 e. The number of amides is 1. The number of carbonyl (C=O) groups excluding carboxylic acids is 1. The van der Waals surface area contributed by atoms with Gasteiger partial charge in [-0.15, -0.1) is 0 Å². The number of pyridine rings is 1. The van der Waals surface area contributed by atoms with Crippen molar-refractivity contribution in [3.63, 3.8) is 0 Å². The van der Waals surface area contributed by atoms with Gasteiger partial charge in [0.25, 0.3) is 5.91 Å². The molecule has 0 aliphatic heterocycles. The number of hydrogen-bond acceptors (Lipinski definition) is 4. The zero-order valence-corrected chi connectivity index (χ0v) is 11.8. The van der Waals surface area contributed by atoms with Crippen molar-refractivity contribution in [1.82, 2.24) is 15.0 Å².